The molecule has 146 valence electrons. The number of benzene rings is 1. The third-order valence-corrected chi connectivity index (χ3v) is 3.11. The maximum absolute atomic E-state index is 12.1. The number of ether oxygens (including phenoxy) is 1. The summed E-state index contributed by atoms with van der Waals surface area (Å²) in [7, 11) is 1.83. The van der Waals surface area contributed by atoms with Gasteiger partial charge in [0.15, 0.2) is 0 Å². The molecule has 1 aromatic heterocycles. The Morgan fingerprint density at radius 2 is 1.81 bits per heavy atom. The van der Waals surface area contributed by atoms with Crippen LogP contribution >= 0.6 is 0 Å². The second-order valence-corrected chi connectivity index (χ2v) is 5.40. The third kappa shape index (κ3) is 7.36. The van der Waals surface area contributed by atoms with Crippen LogP contribution in [-0.4, -0.2) is 42.5 Å². The molecule has 0 bridgehead atoms. The van der Waals surface area contributed by atoms with Crippen molar-refractivity contribution in [2.24, 2.45) is 0 Å². The quantitative estimate of drug-likeness (QED) is 0.548. The molecule has 0 saturated carbocycles. The Morgan fingerprint density at radius 3 is 2.44 bits per heavy atom. The molecule has 0 fully saturated rings. The fraction of sp³-hybridized carbons (Fsp3) is 0.312. The Kier molecular flexibility index (Phi) is 6.77. The molecular formula is C16H19F3N6O2. The molecule has 2 rings (SSSR count). The highest BCUT2D eigenvalue weighted by atomic mass is 19.4. The van der Waals surface area contributed by atoms with E-state index in [4.69, 9.17) is 0 Å². The van der Waals surface area contributed by atoms with Crippen molar-refractivity contribution in [3.8, 4) is 5.75 Å². The number of alkyl halides is 3. The van der Waals surface area contributed by atoms with Crippen LogP contribution < -0.4 is 26.0 Å². The Bertz CT molecular complexity index is 768. The molecule has 2 aromatic rings. The van der Waals surface area contributed by atoms with Gasteiger partial charge in [0.25, 0.3) is 0 Å². The number of carbonyl (C=O) groups excluding carboxylic acids is 1. The predicted molar refractivity (Wildman–Crippen MR) is 95.0 cm³/mol. The molecular weight excluding hydrogens is 365 g/mol. The van der Waals surface area contributed by atoms with Crippen molar-refractivity contribution < 1.29 is 22.7 Å². The van der Waals surface area contributed by atoms with Crippen molar-refractivity contribution in [1.82, 2.24) is 15.3 Å². The molecule has 0 unspecified atom stereocenters. The van der Waals surface area contributed by atoms with E-state index in [1.54, 1.807) is 13.0 Å². The number of carbonyl (C=O) groups is 1. The van der Waals surface area contributed by atoms with Crippen molar-refractivity contribution in [2.75, 3.05) is 36.1 Å². The van der Waals surface area contributed by atoms with Gasteiger partial charge in [-0.15, -0.1) is 13.2 Å². The Labute approximate surface area is 153 Å². The SMILES string of the molecule is CNCCNc1cc(C)nc(NC(=O)Nc2ccc(OC(F)(F)F)cc2)n1. The molecule has 0 aliphatic rings. The number of hydrogen-bond donors (Lipinski definition) is 4. The number of urea groups is 1. The highest BCUT2D eigenvalue weighted by molar-refractivity contribution is 5.98. The number of nitrogens with one attached hydrogen (secondary N) is 4. The van der Waals surface area contributed by atoms with Crippen LogP contribution in [0.1, 0.15) is 5.69 Å². The standard InChI is InChI=1S/C16H19F3N6O2/c1-10-9-13(21-8-7-20-2)24-14(22-10)25-15(26)23-11-3-5-12(6-4-11)27-16(17,18)19/h3-6,9,20H,7-8H2,1-2H3,(H3,21,22,23,24,25,26). The molecule has 1 aromatic carbocycles. The molecule has 0 aliphatic heterocycles. The molecule has 11 heteroatoms. The lowest BCUT2D eigenvalue weighted by molar-refractivity contribution is -0.274. The van der Waals surface area contributed by atoms with Crippen LogP contribution in [0.5, 0.6) is 5.75 Å². The molecule has 4 N–H and O–H groups in total. The molecule has 1 heterocycles. The first-order valence-corrected chi connectivity index (χ1v) is 7.93. The number of rotatable bonds is 7. The zero-order valence-corrected chi connectivity index (χ0v) is 14.6. The van der Waals surface area contributed by atoms with Gasteiger partial charge in [-0.25, -0.2) is 9.78 Å². The normalized spacial score (nSPS) is 11.0. The summed E-state index contributed by atoms with van der Waals surface area (Å²) in [6.45, 7) is 3.14. The van der Waals surface area contributed by atoms with E-state index in [9.17, 15) is 18.0 Å². The lowest BCUT2D eigenvalue weighted by atomic mass is 10.3. The van der Waals surface area contributed by atoms with Crippen molar-refractivity contribution in [3.63, 3.8) is 0 Å². The van der Waals surface area contributed by atoms with E-state index in [0.29, 0.717) is 18.1 Å². The van der Waals surface area contributed by atoms with Crippen LogP contribution in [0.2, 0.25) is 0 Å². The van der Waals surface area contributed by atoms with Gasteiger partial charge in [-0.3, -0.25) is 5.32 Å². The van der Waals surface area contributed by atoms with Gasteiger partial charge in [0.1, 0.15) is 11.6 Å². The zero-order valence-electron chi connectivity index (χ0n) is 14.6. The molecule has 0 spiro atoms. The summed E-state index contributed by atoms with van der Waals surface area (Å²) < 4.78 is 40.2. The number of aromatic nitrogens is 2. The lowest BCUT2D eigenvalue weighted by Crippen LogP contribution is -2.22. The molecule has 0 aliphatic carbocycles. The summed E-state index contributed by atoms with van der Waals surface area (Å²) >= 11 is 0. The number of halogens is 3. The van der Waals surface area contributed by atoms with Gasteiger partial charge >= 0.3 is 12.4 Å². The molecule has 0 atom stereocenters. The molecule has 0 saturated heterocycles. The summed E-state index contributed by atoms with van der Waals surface area (Å²) in [6, 6.07) is 5.85. The fourth-order valence-corrected chi connectivity index (χ4v) is 2.03. The van der Waals surface area contributed by atoms with Crippen molar-refractivity contribution in [2.45, 2.75) is 13.3 Å². The second kappa shape index (κ2) is 9.03. The Hall–Kier alpha value is -3.08. The van der Waals surface area contributed by atoms with Gasteiger partial charge in [0.2, 0.25) is 5.95 Å². The first kappa shape index (κ1) is 20.2. The summed E-state index contributed by atoms with van der Waals surface area (Å²) in [5.74, 6) is 0.269. The smallest absolute Gasteiger partial charge is 0.406 e. The average molecular weight is 384 g/mol. The van der Waals surface area contributed by atoms with E-state index >= 15 is 0 Å². The van der Waals surface area contributed by atoms with Crippen LogP contribution in [-0.2, 0) is 0 Å². The van der Waals surface area contributed by atoms with Crippen LogP contribution in [0.3, 0.4) is 0 Å². The van der Waals surface area contributed by atoms with E-state index in [1.807, 2.05) is 7.05 Å². The van der Waals surface area contributed by atoms with E-state index < -0.39 is 12.4 Å². The largest absolute Gasteiger partial charge is 0.573 e. The molecule has 27 heavy (non-hydrogen) atoms. The number of anilines is 3. The van der Waals surface area contributed by atoms with E-state index in [-0.39, 0.29) is 17.4 Å². The highest BCUT2D eigenvalue weighted by Gasteiger charge is 2.30. The summed E-state index contributed by atoms with van der Waals surface area (Å²) in [6.07, 6.45) is -4.77. The number of amides is 2. The van der Waals surface area contributed by atoms with Crippen LogP contribution in [0.15, 0.2) is 30.3 Å². The fourth-order valence-electron chi connectivity index (χ4n) is 2.03. The van der Waals surface area contributed by atoms with Gasteiger partial charge in [-0.05, 0) is 38.2 Å². The minimum absolute atomic E-state index is 0.0940. The Balaban J connectivity index is 1.95. The lowest BCUT2D eigenvalue weighted by Gasteiger charge is -2.11. The number of aryl methyl sites for hydroxylation is 1. The average Bonchev–Trinajstić information content (AvgIpc) is 2.55. The van der Waals surface area contributed by atoms with Gasteiger partial charge in [0.05, 0.1) is 0 Å². The third-order valence-electron chi connectivity index (χ3n) is 3.11. The summed E-state index contributed by atoms with van der Waals surface area (Å²) in [5, 5.41) is 11.0. The van der Waals surface area contributed by atoms with Gasteiger partial charge in [-0.1, -0.05) is 0 Å². The molecule has 2 amide bonds. The zero-order chi connectivity index (χ0) is 19.9. The van der Waals surface area contributed by atoms with Gasteiger partial charge < -0.3 is 20.7 Å². The van der Waals surface area contributed by atoms with Crippen molar-refractivity contribution >= 4 is 23.5 Å². The topological polar surface area (TPSA) is 100 Å². The number of likely N-dealkylation sites (N-methyl/N-ethyl adjacent to an activating group) is 1. The van der Waals surface area contributed by atoms with Crippen molar-refractivity contribution in [3.05, 3.63) is 36.0 Å². The minimum Gasteiger partial charge on any atom is -0.406 e. The highest BCUT2D eigenvalue weighted by Crippen LogP contribution is 2.24. The first-order valence-electron chi connectivity index (χ1n) is 7.93. The summed E-state index contributed by atoms with van der Waals surface area (Å²) in [5.41, 5.74) is 0.933. The van der Waals surface area contributed by atoms with E-state index in [1.165, 1.54) is 12.1 Å². The van der Waals surface area contributed by atoms with Crippen LogP contribution in [0.4, 0.5) is 35.4 Å². The van der Waals surface area contributed by atoms with E-state index in [2.05, 4.69) is 36.0 Å². The minimum atomic E-state index is -4.77. The number of nitrogens with zero attached hydrogens (tertiary/aromatic N) is 2. The molecule has 8 nitrogen and oxygen atoms in total. The predicted octanol–water partition coefficient (Wildman–Crippen LogP) is 2.96. The van der Waals surface area contributed by atoms with Crippen LogP contribution in [0, 0.1) is 6.92 Å². The second-order valence-electron chi connectivity index (χ2n) is 5.40. The van der Waals surface area contributed by atoms with E-state index in [0.717, 1.165) is 18.7 Å². The van der Waals surface area contributed by atoms with Gasteiger partial charge in [0, 0.05) is 30.5 Å². The number of hydrogen-bond acceptors (Lipinski definition) is 6. The maximum Gasteiger partial charge on any atom is 0.573 e. The first-order chi connectivity index (χ1) is 12.7. The van der Waals surface area contributed by atoms with Gasteiger partial charge in [-0.2, -0.15) is 4.98 Å². The van der Waals surface area contributed by atoms with Crippen molar-refractivity contribution in [1.29, 1.82) is 0 Å². The maximum atomic E-state index is 12.1. The monoisotopic (exact) mass is 384 g/mol. The van der Waals surface area contributed by atoms with Crippen LogP contribution in [0.25, 0.3) is 0 Å². The summed E-state index contributed by atoms with van der Waals surface area (Å²) in [4.78, 5) is 20.3. The Morgan fingerprint density at radius 1 is 1.11 bits per heavy atom. The molecule has 0 radical (unpaired) electrons.